The summed E-state index contributed by atoms with van der Waals surface area (Å²) in [5, 5.41) is 5.99. The molecule has 1 aliphatic rings. The van der Waals surface area contributed by atoms with Gasteiger partial charge in [0.2, 0.25) is 0 Å². The number of terminal acetylenes is 1. The quantitative estimate of drug-likeness (QED) is 0.492. The van der Waals surface area contributed by atoms with E-state index in [0.29, 0.717) is 53.9 Å². The Labute approximate surface area is 200 Å². The van der Waals surface area contributed by atoms with E-state index in [-0.39, 0.29) is 6.10 Å². The molecule has 0 atom stereocenters. The third-order valence-corrected chi connectivity index (χ3v) is 5.77. The van der Waals surface area contributed by atoms with Crippen molar-refractivity contribution < 1.29 is 27.4 Å². The van der Waals surface area contributed by atoms with Crippen molar-refractivity contribution in [3.05, 3.63) is 48.3 Å². The van der Waals surface area contributed by atoms with Crippen LogP contribution in [0.4, 0.5) is 24.7 Å². The van der Waals surface area contributed by atoms with Crippen molar-refractivity contribution in [3.8, 4) is 23.8 Å². The van der Waals surface area contributed by atoms with Gasteiger partial charge in [-0.3, -0.25) is 4.79 Å². The summed E-state index contributed by atoms with van der Waals surface area (Å²) < 4.78 is 49.2. The summed E-state index contributed by atoms with van der Waals surface area (Å²) in [6.45, 7) is 0. The highest BCUT2D eigenvalue weighted by Gasteiger charge is 2.40. The lowest BCUT2D eigenvalue weighted by Crippen LogP contribution is -2.45. The zero-order chi connectivity index (χ0) is 25.0. The normalized spacial score (nSPS) is 17.9. The molecule has 4 rings (SSSR count). The molecule has 0 aliphatic heterocycles. The van der Waals surface area contributed by atoms with Gasteiger partial charge in [0, 0.05) is 28.7 Å². The number of hydrogen-bond acceptors (Lipinski definition) is 6. The second-order valence-corrected chi connectivity index (χ2v) is 8.16. The highest BCUT2D eigenvalue weighted by molar-refractivity contribution is 5.93. The molecule has 1 saturated carbocycles. The molecule has 1 aliphatic carbocycles. The van der Waals surface area contributed by atoms with Gasteiger partial charge in [-0.25, -0.2) is 9.97 Å². The molecule has 1 fully saturated rings. The predicted octanol–water partition coefficient (Wildman–Crippen LogP) is 4.73. The molecule has 0 saturated heterocycles. The number of fused-ring (bicyclic) bond motifs is 1. The maximum Gasteiger partial charge on any atom is 0.471 e. The lowest BCUT2D eigenvalue weighted by atomic mass is 9.93. The first-order valence-electron chi connectivity index (χ1n) is 11.0. The third-order valence-electron chi connectivity index (χ3n) is 5.77. The Morgan fingerprint density at radius 2 is 1.89 bits per heavy atom. The zero-order valence-electron chi connectivity index (χ0n) is 18.9. The van der Waals surface area contributed by atoms with Crippen molar-refractivity contribution in [2.75, 3.05) is 12.4 Å². The highest BCUT2D eigenvalue weighted by Crippen LogP contribution is 2.37. The average Bonchev–Trinajstić information content (AvgIpc) is 2.84. The molecule has 35 heavy (non-hydrogen) atoms. The van der Waals surface area contributed by atoms with Crippen LogP contribution in [0.15, 0.2) is 42.7 Å². The lowest BCUT2D eigenvalue weighted by molar-refractivity contribution is -0.174. The second-order valence-electron chi connectivity index (χ2n) is 8.16. The Morgan fingerprint density at radius 3 is 2.57 bits per heavy atom. The Balaban J connectivity index is 1.51. The van der Waals surface area contributed by atoms with Crippen LogP contribution in [0.25, 0.3) is 10.9 Å². The summed E-state index contributed by atoms with van der Waals surface area (Å²) in [7, 11) is 1.52. The lowest BCUT2D eigenvalue weighted by Gasteiger charge is -2.30. The molecule has 0 unspecified atom stereocenters. The minimum absolute atomic E-state index is 0.242. The number of halogens is 3. The molecule has 10 heteroatoms. The van der Waals surface area contributed by atoms with Crippen LogP contribution >= 0.6 is 0 Å². The molecule has 0 bridgehead atoms. The third kappa shape index (κ3) is 5.74. The number of alkyl halides is 3. The van der Waals surface area contributed by atoms with Gasteiger partial charge in [-0.05, 0) is 49.9 Å². The maximum absolute atomic E-state index is 12.5. The molecule has 1 aromatic heterocycles. The van der Waals surface area contributed by atoms with E-state index in [1.807, 2.05) is 29.6 Å². The molecule has 182 valence electrons. The number of hydrogen-bond donors (Lipinski definition) is 2. The average molecular weight is 484 g/mol. The Hall–Kier alpha value is -4.00. The number of nitrogens with zero attached hydrogens (tertiary/aromatic N) is 2. The van der Waals surface area contributed by atoms with E-state index in [4.69, 9.17) is 15.9 Å². The van der Waals surface area contributed by atoms with E-state index < -0.39 is 18.1 Å². The van der Waals surface area contributed by atoms with E-state index in [1.54, 1.807) is 12.1 Å². The number of benzene rings is 2. The van der Waals surface area contributed by atoms with Gasteiger partial charge < -0.3 is 20.1 Å². The molecule has 7 nitrogen and oxygen atoms in total. The van der Waals surface area contributed by atoms with Crippen molar-refractivity contribution in [2.24, 2.45) is 0 Å². The van der Waals surface area contributed by atoms with Gasteiger partial charge in [0.05, 0.1) is 18.7 Å². The largest absolute Gasteiger partial charge is 0.493 e. The number of amides is 1. The summed E-state index contributed by atoms with van der Waals surface area (Å²) >= 11 is 0. The Bertz CT molecular complexity index is 1270. The van der Waals surface area contributed by atoms with Crippen LogP contribution in [0.3, 0.4) is 0 Å². The van der Waals surface area contributed by atoms with Crippen LogP contribution < -0.4 is 20.1 Å². The smallest absolute Gasteiger partial charge is 0.471 e. The van der Waals surface area contributed by atoms with E-state index in [2.05, 4.69) is 21.2 Å². The first-order chi connectivity index (χ1) is 16.8. The summed E-state index contributed by atoms with van der Waals surface area (Å²) in [5.41, 5.74) is 2.12. The molecule has 2 N–H and O–H groups in total. The minimum atomic E-state index is -4.89. The second kappa shape index (κ2) is 10.1. The number of methoxy groups -OCH3 is 1. The number of rotatable bonds is 6. The first-order valence-corrected chi connectivity index (χ1v) is 11.0. The number of carbonyl (C=O) groups is 1. The summed E-state index contributed by atoms with van der Waals surface area (Å²) in [4.78, 5) is 19.9. The fourth-order valence-corrected chi connectivity index (χ4v) is 4.01. The van der Waals surface area contributed by atoms with Crippen LogP contribution in [-0.4, -0.2) is 41.3 Å². The van der Waals surface area contributed by atoms with Crippen LogP contribution in [0.5, 0.6) is 11.5 Å². The van der Waals surface area contributed by atoms with Crippen molar-refractivity contribution in [1.82, 2.24) is 15.3 Å². The minimum Gasteiger partial charge on any atom is -0.493 e. The van der Waals surface area contributed by atoms with E-state index in [9.17, 15) is 18.0 Å². The standard InChI is InChI=1S/C25H23F3N4O3/c1-3-15-5-4-6-17(11-15)31-23-19-12-22(21(34-2)13-20(19)29-14-30-23)35-18-9-7-16(8-10-18)32-24(33)25(26,27)28/h1,4-6,11-14,16,18H,7-10H2,2H3,(H,32,33)(H,29,30,31)/t16-,18+. The van der Waals surface area contributed by atoms with Crippen LogP contribution in [0.2, 0.25) is 0 Å². The van der Waals surface area contributed by atoms with Gasteiger partial charge in [-0.2, -0.15) is 13.2 Å². The fraction of sp³-hybridized carbons (Fsp3) is 0.320. The van der Waals surface area contributed by atoms with E-state index in [1.165, 1.54) is 13.4 Å². The topological polar surface area (TPSA) is 85.4 Å². The van der Waals surface area contributed by atoms with Gasteiger partial charge >= 0.3 is 12.1 Å². The van der Waals surface area contributed by atoms with Gasteiger partial charge in [-0.1, -0.05) is 12.0 Å². The van der Waals surface area contributed by atoms with Gasteiger partial charge in [-0.15, -0.1) is 6.42 Å². The van der Waals surface area contributed by atoms with Gasteiger partial charge in [0.15, 0.2) is 11.5 Å². The Kier molecular flexibility index (Phi) is 6.96. The predicted molar refractivity (Wildman–Crippen MR) is 125 cm³/mol. The Morgan fingerprint density at radius 1 is 1.11 bits per heavy atom. The van der Waals surface area contributed by atoms with Crippen LogP contribution in [0.1, 0.15) is 31.2 Å². The van der Waals surface area contributed by atoms with Crippen molar-refractivity contribution in [1.29, 1.82) is 0 Å². The maximum atomic E-state index is 12.5. The van der Waals surface area contributed by atoms with Gasteiger partial charge in [0.1, 0.15) is 12.1 Å². The van der Waals surface area contributed by atoms with Crippen molar-refractivity contribution in [2.45, 2.75) is 44.0 Å². The molecule has 1 heterocycles. The summed E-state index contributed by atoms with van der Waals surface area (Å²) in [5.74, 6) is 2.18. The summed E-state index contributed by atoms with van der Waals surface area (Å²) in [6, 6.07) is 10.3. The van der Waals surface area contributed by atoms with E-state index >= 15 is 0 Å². The number of aromatic nitrogens is 2. The van der Waals surface area contributed by atoms with Crippen molar-refractivity contribution >= 4 is 28.3 Å². The zero-order valence-corrected chi connectivity index (χ0v) is 18.9. The summed E-state index contributed by atoms with van der Waals surface area (Å²) in [6.07, 6.45) is 3.53. The van der Waals surface area contributed by atoms with Crippen LogP contribution in [0, 0.1) is 12.3 Å². The highest BCUT2D eigenvalue weighted by atomic mass is 19.4. The molecule has 1 amide bonds. The number of nitrogens with one attached hydrogen (secondary N) is 2. The first kappa shape index (κ1) is 24.1. The monoisotopic (exact) mass is 484 g/mol. The van der Waals surface area contributed by atoms with Crippen LogP contribution in [-0.2, 0) is 4.79 Å². The fourth-order valence-electron chi connectivity index (χ4n) is 4.01. The van der Waals surface area contributed by atoms with Crippen molar-refractivity contribution in [3.63, 3.8) is 0 Å². The molecule has 3 aromatic rings. The number of carbonyl (C=O) groups excluding carboxylic acids is 1. The SMILES string of the molecule is C#Cc1cccc(Nc2ncnc3cc(OC)c(O[C@H]4CC[C@@H](NC(=O)C(F)(F)F)CC4)cc23)c1. The molecule has 0 radical (unpaired) electrons. The number of ether oxygens (including phenoxy) is 2. The molecule has 2 aromatic carbocycles. The molecular formula is C25H23F3N4O3. The van der Waals surface area contributed by atoms with E-state index in [0.717, 1.165) is 11.3 Å². The number of anilines is 2. The molecular weight excluding hydrogens is 461 g/mol. The van der Waals surface area contributed by atoms with Gasteiger partial charge in [0.25, 0.3) is 0 Å². The molecule has 0 spiro atoms.